The zero-order valence-corrected chi connectivity index (χ0v) is 13.8. The van der Waals surface area contributed by atoms with Gasteiger partial charge in [-0.1, -0.05) is 18.2 Å². The molecule has 0 unspecified atom stereocenters. The minimum atomic E-state index is -0.370. The second-order valence-corrected chi connectivity index (χ2v) is 5.75. The predicted molar refractivity (Wildman–Crippen MR) is 90.7 cm³/mol. The monoisotopic (exact) mass is 373 g/mol. The Morgan fingerprint density at radius 3 is 2.74 bits per heavy atom. The maximum absolute atomic E-state index is 13.2. The Morgan fingerprint density at radius 2 is 1.96 bits per heavy atom. The fourth-order valence-electron chi connectivity index (χ4n) is 1.98. The van der Waals surface area contributed by atoms with Gasteiger partial charge >= 0.3 is 0 Å². The van der Waals surface area contributed by atoms with Gasteiger partial charge in [0, 0.05) is 11.8 Å². The molecule has 116 valence electrons. The second-order valence-electron chi connectivity index (χ2n) is 4.90. The second kappa shape index (κ2) is 6.75. The first-order valence-corrected chi connectivity index (χ1v) is 7.69. The molecule has 0 radical (unpaired) electrons. The molecule has 0 aliphatic carbocycles. The van der Waals surface area contributed by atoms with Crippen LogP contribution in [0.15, 0.2) is 59.2 Å². The van der Waals surface area contributed by atoms with Gasteiger partial charge in [0.15, 0.2) is 0 Å². The summed E-state index contributed by atoms with van der Waals surface area (Å²) in [4.78, 5) is 8.51. The molecule has 0 saturated heterocycles. The number of ether oxygens (including phenoxy) is 1. The van der Waals surface area contributed by atoms with E-state index < -0.39 is 0 Å². The van der Waals surface area contributed by atoms with Gasteiger partial charge in [0.25, 0.3) is 0 Å². The molecular formula is C17H13BrFN3O. The standard InChI is InChI=1S/C17H13BrFN3O/c1-11-4-2-6-13(8-11)21-17-20-10-15(18)16(22-17)23-14-7-3-5-12(19)9-14/h2-10H,1H3,(H,20,21,22). The largest absolute Gasteiger partial charge is 0.438 e. The Bertz CT molecular complexity index is 842. The molecule has 0 bridgehead atoms. The van der Waals surface area contributed by atoms with Crippen molar-refractivity contribution in [1.29, 1.82) is 0 Å². The van der Waals surface area contributed by atoms with Crippen LogP contribution < -0.4 is 10.1 Å². The highest BCUT2D eigenvalue weighted by Gasteiger charge is 2.09. The van der Waals surface area contributed by atoms with Crippen LogP contribution in [0, 0.1) is 12.7 Å². The fraction of sp³-hybridized carbons (Fsp3) is 0.0588. The molecule has 2 aromatic carbocycles. The number of halogens is 2. The molecule has 23 heavy (non-hydrogen) atoms. The van der Waals surface area contributed by atoms with Crippen molar-refractivity contribution in [1.82, 2.24) is 9.97 Å². The topological polar surface area (TPSA) is 47.0 Å². The van der Waals surface area contributed by atoms with E-state index in [0.717, 1.165) is 11.3 Å². The lowest BCUT2D eigenvalue weighted by molar-refractivity contribution is 0.454. The van der Waals surface area contributed by atoms with Crippen molar-refractivity contribution in [2.75, 3.05) is 5.32 Å². The smallest absolute Gasteiger partial charge is 0.238 e. The zero-order chi connectivity index (χ0) is 16.2. The SMILES string of the molecule is Cc1cccc(Nc2ncc(Br)c(Oc3cccc(F)c3)n2)c1. The molecule has 0 fully saturated rings. The van der Waals surface area contributed by atoms with Crippen LogP contribution in [-0.2, 0) is 0 Å². The summed E-state index contributed by atoms with van der Waals surface area (Å²) in [6, 6.07) is 13.7. The highest BCUT2D eigenvalue weighted by atomic mass is 79.9. The quantitative estimate of drug-likeness (QED) is 0.680. The van der Waals surface area contributed by atoms with Gasteiger partial charge in [-0.05, 0) is 52.7 Å². The number of aryl methyl sites for hydroxylation is 1. The van der Waals surface area contributed by atoms with E-state index in [1.807, 2.05) is 31.2 Å². The molecule has 1 heterocycles. The van der Waals surface area contributed by atoms with Crippen LogP contribution in [0.2, 0.25) is 0 Å². The van der Waals surface area contributed by atoms with E-state index in [1.54, 1.807) is 18.3 Å². The van der Waals surface area contributed by atoms with Gasteiger partial charge in [0.2, 0.25) is 11.8 Å². The third-order valence-electron chi connectivity index (χ3n) is 3.00. The third kappa shape index (κ3) is 4.04. The number of benzene rings is 2. The summed E-state index contributed by atoms with van der Waals surface area (Å²) < 4.78 is 19.4. The van der Waals surface area contributed by atoms with Crippen molar-refractivity contribution in [3.63, 3.8) is 0 Å². The summed E-state index contributed by atoms with van der Waals surface area (Å²) in [6.45, 7) is 2.01. The van der Waals surface area contributed by atoms with Gasteiger partial charge in [-0.25, -0.2) is 9.37 Å². The van der Waals surface area contributed by atoms with Crippen LogP contribution in [0.1, 0.15) is 5.56 Å². The Hall–Kier alpha value is -2.47. The van der Waals surface area contributed by atoms with E-state index in [2.05, 4.69) is 31.2 Å². The molecule has 1 aromatic heterocycles. The average Bonchev–Trinajstić information content (AvgIpc) is 2.51. The maximum atomic E-state index is 13.2. The molecule has 0 atom stereocenters. The van der Waals surface area contributed by atoms with Gasteiger partial charge in [0.1, 0.15) is 11.6 Å². The van der Waals surface area contributed by atoms with Crippen molar-refractivity contribution in [3.05, 3.63) is 70.6 Å². The molecule has 0 spiro atoms. The van der Waals surface area contributed by atoms with Crippen LogP contribution in [0.25, 0.3) is 0 Å². The van der Waals surface area contributed by atoms with Gasteiger partial charge in [0.05, 0.1) is 10.7 Å². The van der Waals surface area contributed by atoms with Crippen LogP contribution in [-0.4, -0.2) is 9.97 Å². The van der Waals surface area contributed by atoms with E-state index in [1.165, 1.54) is 12.1 Å². The molecule has 3 rings (SSSR count). The van der Waals surface area contributed by atoms with Gasteiger partial charge < -0.3 is 10.1 Å². The van der Waals surface area contributed by atoms with E-state index in [0.29, 0.717) is 22.1 Å². The van der Waals surface area contributed by atoms with Crippen LogP contribution in [0.3, 0.4) is 0 Å². The molecule has 6 heteroatoms. The molecule has 1 N–H and O–H groups in total. The first kappa shape index (κ1) is 15.4. The minimum Gasteiger partial charge on any atom is -0.438 e. The Morgan fingerprint density at radius 1 is 1.13 bits per heavy atom. The number of hydrogen-bond donors (Lipinski definition) is 1. The Balaban J connectivity index is 1.84. The van der Waals surface area contributed by atoms with Crippen molar-refractivity contribution < 1.29 is 9.13 Å². The lowest BCUT2D eigenvalue weighted by atomic mass is 10.2. The first-order valence-electron chi connectivity index (χ1n) is 6.90. The van der Waals surface area contributed by atoms with Gasteiger partial charge in [-0.15, -0.1) is 0 Å². The van der Waals surface area contributed by atoms with Crippen LogP contribution >= 0.6 is 15.9 Å². The minimum absolute atomic E-state index is 0.306. The van der Waals surface area contributed by atoms with Crippen molar-refractivity contribution in [2.45, 2.75) is 6.92 Å². The van der Waals surface area contributed by atoms with E-state index >= 15 is 0 Å². The summed E-state index contributed by atoms with van der Waals surface area (Å²) in [7, 11) is 0. The predicted octanol–water partition coefficient (Wildman–Crippen LogP) is 5.22. The number of nitrogens with zero attached hydrogens (tertiary/aromatic N) is 2. The fourth-order valence-corrected chi connectivity index (χ4v) is 2.25. The van der Waals surface area contributed by atoms with Crippen molar-refractivity contribution in [2.24, 2.45) is 0 Å². The van der Waals surface area contributed by atoms with Crippen LogP contribution in [0.5, 0.6) is 11.6 Å². The zero-order valence-electron chi connectivity index (χ0n) is 12.3. The molecule has 4 nitrogen and oxygen atoms in total. The van der Waals surface area contributed by atoms with E-state index in [-0.39, 0.29) is 5.82 Å². The van der Waals surface area contributed by atoms with Gasteiger partial charge in [-0.3, -0.25) is 0 Å². The third-order valence-corrected chi connectivity index (χ3v) is 3.54. The summed E-state index contributed by atoms with van der Waals surface area (Å²) in [5.41, 5.74) is 2.01. The summed E-state index contributed by atoms with van der Waals surface area (Å²) in [6.07, 6.45) is 1.58. The number of anilines is 2. The summed E-state index contributed by atoms with van der Waals surface area (Å²) in [5.74, 6) is 0.697. The Labute approximate surface area is 141 Å². The molecule has 0 amide bonds. The summed E-state index contributed by atoms with van der Waals surface area (Å²) in [5, 5.41) is 3.11. The number of aromatic nitrogens is 2. The van der Waals surface area contributed by atoms with E-state index in [4.69, 9.17) is 4.74 Å². The number of nitrogens with one attached hydrogen (secondary N) is 1. The molecular weight excluding hydrogens is 361 g/mol. The number of hydrogen-bond acceptors (Lipinski definition) is 4. The molecule has 0 aliphatic rings. The van der Waals surface area contributed by atoms with Gasteiger partial charge in [-0.2, -0.15) is 4.98 Å². The van der Waals surface area contributed by atoms with Crippen molar-refractivity contribution >= 4 is 27.6 Å². The van der Waals surface area contributed by atoms with E-state index in [9.17, 15) is 4.39 Å². The van der Waals surface area contributed by atoms with Crippen molar-refractivity contribution in [3.8, 4) is 11.6 Å². The Kier molecular flexibility index (Phi) is 4.52. The van der Waals surface area contributed by atoms with Crippen LogP contribution in [0.4, 0.5) is 16.0 Å². The number of rotatable bonds is 4. The highest BCUT2D eigenvalue weighted by Crippen LogP contribution is 2.29. The average molecular weight is 374 g/mol. The normalized spacial score (nSPS) is 10.4. The lowest BCUT2D eigenvalue weighted by Crippen LogP contribution is -1.99. The molecule has 0 aliphatic heterocycles. The first-order chi connectivity index (χ1) is 11.1. The molecule has 3 aromatic rings. The highest BCUT2D eigenvalue weighted by molar-refractivity contribution is 9.10. The summed E-state index contributed by atoms with van der Waals surface area (Å²) >= 11 is 3.33. The maximum Gasteiger partial charge on any atom is 0.238 e. The lowest BCUT2D eigenvalue weighted by Gasteiger charge is -2.10. The molecule has 0 saturated carbocycles.